The first-order valence-electron chi connectivity index (χ1n) is 6.70. The van der Waals surface area contributed by atoms with Crippen LogP contribution in [0.25, 0.3) is 0 Å². The van der Waals surface area contributed by atoms with Crippen LogP contribution in [-0.2, 0) is 4.74 Å². The molecule has 0 heterocycles. The smallest absolute Gasteiger partial charge is 0.338 e. The maximum atomic E-state index is 12.0. The Kier molecular flexibility index (Phi) is 7.69. The first-order valence-corrected chi connectivity index (χ1v) is 8.28. The van der Waals surface area contributed by atoms with Gasteiger partial charge in [-0.2, -0.15) is 0 Å². The lowest BCUT2D eigenvalue weighted by molar-refractivity contribution is 0.0428. The van der Waals surface area contributed by atoms with Crippen molar-refractivity contribution in [3.05, 3.63) is 32.7 Å². The van der Waals surface area contributed by atoms with E-state index in [1.54, 1.807) is 12.1 Å². The Balaban J connectivity index is 2.54. The van der Waals surface area contributed by atoms with E-state index >= 15 is 0 Å². The summed E-state index contributed by atoms with van der Waals surface area (Å²) in [5, 5.41) is 0. The maximum Gasteiger partial charge on any atom is 0.338 e. The monoisotopic (exact) mass is 390 g/mol. The van der Waals surface area contributed by atoms with E-state index in [0.717, 1.165) is 21.8 Å². The van der Waals surface area contributed by atoms with Gasteiger partial charge >= 0.3 is 5.97 Å². The van der Waals surface area contributed by atoms with Crippen molar-refractivity contribution >= 4 is 37.8 Å². The second kappa shape index (κ2) is 8.75. The van der Waals surface area contributed by atoms with Gasteiger partial charge in [-0.05, 0) is 30.5 Å². The molecule has 0 saturated carbocycles. The molecule has 0 saturated heterocycles. The van der Waals surface area contributed by atoms with Crippen molar-refractivity contribution in [2.45, 2.75) is 39.5 Å². The molecule has 0 N–H and O–H groups in total. The molecule has 0 aromatic heterocycles. The zero-order valence-electron chi connectivity index (χ0n) is 11.4. The molecule has 1 unspecified atom stereocenters. The first kappa shape index (κ1) is 16.7. The normalized spacial score (nSPS) is 12.2. The predicted molar refractivity (Wildman–Crippen MR) is 85.4 cm³/mol. The van der Waals surface area contributed by atoms with Crippen LogP contribution in [0.5, 0.6) is 0 Å². The predicted octanol–water partition coefficient (Wildman–Crippen LogP) is 5.58. The summed E-state index contributed by atoms with van der Waals surface area (Å²) >= 11 is 6.74. The topological polar surface area (TPSA) is 26.3 Å². The van der Waals surface area contributed by atoms with Gasteiger partial charge in [0.25, 0.3) is 0 Å². The summed E-state index contributed by atoms with van der Waals surface area (Å²) in [6.07, 6.45) is 4.55. The Morgan fingerprint density at radius 2 is 1.84 bits per heavy atom. The van der Waals surface area contributed by atoms with Crippen LogP contribution >= 0.6 is 31.9 Å². The van der Waals surface area contributed by atoms with Crippen molar-refractivity contribution in [3.8, 4) is 0 Å². The Morgan fingerprint density at radius 1 is 1.21 bits per heavy atom. The van der Waals surface area contributed by atoms with E-state index in [1.165, 1.54) is 12.8 Å². The van der Waals surface area contributed by atoms with Crippen molar-refractivity contribution in [1.82, 2.24) is 0 Å². The third-order valence-electron chi connectivity index (χ3n) is 3.09. The van der Waals surface area contributed by atoms with Crippen molar-refractivity contribution in [2.24, 2.45) is 5.92 Å². The zero-order valence-corrected chi connectivity index (χ0v) is 14.6. The highest BCUT2D eigenvalue weighted by atomic mass is 79.9. The van der Waals surface area contributed by atoms with Crippen LogP contribution in [0.15, 0.2) is 27.1 Å². The van der Waals surface area contributed by atoms with Gasteiger partial charge in [-0.25, -0.2) is 4.79 Å². The molecule has 106 valence electrons. The number of esters is 1. The van der Waals surface area contributed by atoms with Crippen molar-refractivity contribution in [2.75, 3.05) is 6.61 Å². The molecule has 2 nitrogen and oxygen atoms in total. The third kappa shape index (κ3) is 6.09. The molecule has 1 rings (SSSR count). The minimum Gasteiger partial charge on any atom is -0.462 e. The largest absolute Gasteiger partial charge is 0.462 e. The minimum absolute atomic E-state index is 0.253. The molecule has 0 radical (unpaired) electrons. The van der Waals surface area contributed by atoms with Gasteiger partial charge in [-0.15, -0.1) is 0 Å². The van der Waals surface area contributed by atoms with E-state index in [4.69, 9.17) is 4.74 Å². The Bertz CT molecular complexity index is 398. The van der Waals surface area contributed by atoms with Gasteiger partial charge in [0.1, 0.15) is 0 Å². The minimum atomic E-state index is -0.253. The maximum absolute atomic E-state index is 12.0. The summed E-state index contributed by atoms with van der Waals surface area (Å²) in [7, 11) is 0. The van der Waals surface area contributed by atoms with Crippen LogP contribution in [0, 0.1) is 5.92 Å². The molecule has 0 spiro atoms. The van der Waals surface area contributed by atoms with Crippen LogP contribution in [0.2, 0.25) is 0 Å². The quantitative estimate of drug-likeness (QED) is 0.566. The Hall–Kier alpha value is -0.350. The summed E-state index contributed by atoms with van der Waals surface area (Å²) < 4.78 is 7.14. The molecule has 0 fully saturated rings. The molecule has 1 aromatic rings. The number of unbranched alkanes of at least 4 members (excludes halogenated alkanes) is 1. The molecule has 0 amide bonds. The number of carbonyl (C=O) groups is 1. The van der Waals surface area contributed by atoms with E-state index in [9.17, 15) is 4.79 Å². The zero-order chi connectivity index (χ0) is 14.3. The fourth-order valence-electron chi connectivity index (χ4n) is 1.85. The number of rotatable bonds is 7. The second-order valence-electron chi connectivity index (χ2n) is 4.67. The summed E-state index contributed by atoms with van der Waals surface area (Å²) in [4.78, 5) is 12.0. The molecule has 0 bridgehead atoms. The van der Waals surface area contributed by atoms with Crippen molar-refractivity contribution in [3.63, 3.8) is 0 Å². The van der Waals surface area contributed by atoms with Gasteiger partial charge in [0.2, 0.25) is 0 Å². The van der Waals surface area contributed by atoms with Gasteiger partial charge in [-0.1, -0.05) is 65.0 Å². The fraction of sp³-hybridized carbons (Fsp3) is 0.533. The molecular weight excluding hydrogens is 372 g/mol. The van der Waals surface area contributed by atoms with Crippen LogP contribution < -0.4 is 0 Å². The van der Waals surface area contributed by atoms with Crippen LogP contribution in [0.4, 0.5) is 0 Å². The number of halogens is 2. The fourth-order valence-corrected chi connectivity index (χ4v) is 3.14. The molecule has 0 aliphatic carbocycles. The molecule has 1 atom stereocenters. The molecule has 19 heavy (non-hydrogen) atoms. The summed E-state index contributed by atoms with van der Waals surface area (Å²) in [5.74, 6) is 0.219. The van der Waals surface area contributed by atoms with Crippen LogP contribution in [0.1, 0.15) is 49.9 Å². The number of hydrogen-bond donors (Lipinski definition) is 0. The van der Waals surface area contributed by atoms with Gasteiger partial charge in [0, 0.05) is 8.95 Å². The average Bonchev–Trinajstić information content (AvgIpc) is 2.37. The molecular formula is C15H20Br2O2. The van der Waals surface area contributed by atoms with E-state index in [-0.39, 0.29) is 5.97 Å². The summed E-state index contributed by atoms with van der Waals surface area (Å²) in [6, 6.07) is 5.45. The van der Waals surface area contributed by atoms with Gasteiger partial charge in [-0.3, -0.25) is 0 Å². The molecule has 0 aliphatic rings. The number of benzene rings is 1. The van der Waals surface area contributed by atoms with E-state index < -0.39 is 0 Å². The first-order chi connectivity index (χ1) is 9.06. The summed E-state index contributed by atoms with van der Waals surface area (Å²) in [5.41, 5.74) is 0.576. The molecule has 4 heteroatoms. The number of ether oxygens (including phenoxy) is 1. The Morgan fingerprint density at radius 3 is 2.37 bits per heavy atom. The standard InChI is InChI=1S/C15H20Br2O2/c1-3-5-6-11(4-2)10-19-15(18)12-7-13(16)9-14(17)8-12/h7-9,11H,3-6,10H2,1-2H3. The lowest BCUT2D eigenvalue weighted by atomic mass is 10.0. The SMILES string of the molecule is CCCCC(CC)COC(=O)c1cc(Br)cc(Br)c1. The van der Waals surface area contributed by atoms with Crippen molar-refractivity contribution < 1.29 is 9.53 Å². The highest BCUT2D eigenvalue weighted by molar-refractivity contribution is 9.11. The van der Waals surface area contributed by atoms with Gasteiger partial charge in [0.15, 0.2) is 0 Å². The van der Waals surface area contributed by atoms with Crippen LogP contribution in [0.3, 0.4) is 0 Å². The third-order valence-corrected chi connectivity index (χ3v) is 4.01. The summed E-state index contributed by atoms with van der Waals surface area (Å²) in [6.45, 7) is 4.83. The lowest BCUT2D eigenvalue weighted by Crippen LogP contribution is -2.14. The highest BCUT2D eigenvalue weighted by Gasteiger charge is 2.12. The average molecular weight is 392 g/mol. The van der Waals surface area contributed by atoms with E-state index in [2.05, 4.69) is 45.7 Å². The number of hydrogen-bond acceptors (Lipinski definition) is 2. The van der Waals surface area contributed by atoms with Crippen LogP contribution in [-0.4, -0.2) is 12.6 Å². The molecule has 0 aliphatic heterocycles. The van der Waals surface area contributed by atoms with E-state index in [1.807, 2.05) is 6.07 Å². The lowest BCUT2D eigenvalue weighted by Gasteiger charge is -2.14. The van der Waals surface area contributed by atoms with Gasteiger partial charge in [0.05, 0.1) is 12.2 Å². The Labute approximate surface area is 132 Å². The second-order valence-corrected chi connectivity index (χ2v) is 6.50. The van der Waals surface area contributed by atoms with Gasteiger partial charge < -0.3 is 4.74 Å². The molecule has 1 aromatic carbocycles. The van der Waals surface area contributed by atoms with Crippen molar-refractivity contribution in [1.29, 1.82) is 0 Å². The van der Waals surface area contributed by atoms with E-state index in [0.29, 0.717) is 18.1 Å². The highest BCUT2D eigenvalue weighted by Crippen LogP contribution is 2.21. The number of carbonyl (C=O) groups excluding carboxylic acids is 1.